The minimum atomic E-state index is -0.951. The molecule has 1 aromatic carbocycles. The number of carbonyl (C=O) groups is 3. The number of nitrogens with one attached hydrogen (secondary N) is 2. The van der Waals surface area contributed by atoms with Crippen molar-refractivity contribution in [3.8, 4) is 0 Å². The normalized spacial score (nSPS) is 11.4. The summed E-state index contributed by atoms with van der Waals surface area (Å²) < 4.78 is 0. The van der Waals surface area contributed by atoms with E-state index in [-0.39, 0.29) is 24.9 Å². The Morgan fingerprint density at radius 1 is 1.17 bits per heavy atom. The van der Waals surface area contributed by atoms with E-state index in [4.69, 9.17) is 5.11 Å². The van der Waals surface area contributed by atoms with E-state index in [1.807, 2.05) is 0 Å². The second kappa shape index (κ2) is 9.23. The van der Waals surface area contributed by atoms with Crippen molar-refractivity contribution >= 4 is 23.5 Å². The van der Waals surface area contributed by atoms with Crippen molar-refractivity contribution in [3.05, 3.63) is 39.9 Å². The molecule has 3 N–H and O–H groups in total. The van der Waals surface area contributed by atoms with E-state index >= 15 is 0 Å². The summed E-state index contributed by atoms with van der Waals surface area (Å²) >= 11 is 0. The van der Waals surface area contributed by atoms with E-state index in [9.17, 15) is 24.5 Å². The van der Waals surface area contributed by atoms with Crippen molar-refractivity contribution in [1.82, 2.24) is 10.9 Å². The van der Waals surface area contributed by atoms with Gasteiger partial charge in [-0.05, 0) is 18.4 Å². The zero-order chi connectivity index (χ0) is 18.1. The number of non-ortho nitro benzene ring substituents is 1. The minimum Gasteiger partial charge on any atom is -0.481 e. The van der Waals surface area contributed by atoms with Gasteiger partial charge in [-0.15, -0.1) is 0 Å². The first-order chi connectivity index (χ1) is 11.3. The van der Waals surface area contributed by atoms with Gasteiger partial charge in [0.25, 0.3) is 5.69 Å². The Morgan fingerprint density at radius 3 is 2.25 bits per heavy atom. The zero-order valence-corrected chi connectivity index (χ0v) is 13.2. The minimum absolute atomic E-state index is 0.0113. The Balaban J connectivity index is 2.36. The summed E-state index contributed by atoms with van der Waals surface area (Å²) in [6.45, 7) is 1.72. The lowest BCUT2D eigenvalue weighted by molar-refractivity contribution is -0.384. The van der Waals surface area contributed by atoms with Gasteiger partial charge >= 0.3 is 5.97 Å². The summed E-state index contributed by atoms with van der Waals surface area (Å²) in [4.78, 5) is 44.1. The summed E-state index contributed by atoms with van der Waals surface area (Å²) in [7, 11) is 0. The molecule has 0 aromatic heterocycles. The van der Waals surface area contributed by atoms with Crippen LogP contribution in [0.25, 0.3) is 0 Å². The van der Waals surface area contributed by atoms with Crippen LogP contribution in [0.3, 0.4) is 0 Å². The smallest absolute Gasteiger partial charge is 0.306 e. The van der Waals surface area contributed by atoms with E-state index in [2.05, 4.69) is 10.9 Å². The number of benzene rings is 1. The highest BCUT2D eigenvalue weighted by Crippen LogP contribution is 2.12. The summed E-state index contributed by atoms with van der Waals surface area (Å²) in [5, 5.41) is 19.4. The summed E-state index contributed by atoms with van der Waals surface area (Å²) in [6, 6.07) is 5.49. The van der Waals surface area contributed by atoms with Gasteiger partial charge in [0.2, 0.25) is 11.8 Å². The van der Waals surface area contributed by atoms with Crippen LogP contribution in [0.1, 0.15) is 31.7 Å². The average molecular weight is 337 g/mol. The summed E-state index contributed by atoms with van der Waals surface area (Å²) in [6.07, 6.45) is 0.554. The van der Waals surface area contributed by atoms with Crippen LogP contribution >= 0.6 is 0 Å². The Kier molecular flexibility index (Phi) is 7.34. The van der Waals surface area contributed by atoms with Gasteiger partial charge in [0.05, 0.1) is 17.3 Å². The first kappa shape index (κ1) is 19.1. The highest BCUT2D eigenvalue weighted by molar-refractivity contribution is 5.83. The van der Waals surface area contributed by atoms with Gasteiger partial charge in [0, 0.05) is 18.6 Å². The molecule has 9 nitrogen and oxygen atoms in total. The maximum atomic E-state index is 11.7. The molecule has 0 saturated heterocycles. The average Bonchev–Trinajstić information content (AvgIpc) is 2.53. The number of nitro benzene ring substituents is 1. The van der Waals surface area contributed by atoms with E-state index in [0.29, 0.717) is 12.0 Å². The van der Waals surface area contributed by atoms with Crippen LogP contribution in [-0.4, -0.2) is 27.8 Å². The number of carboxylic acid groups (broad SMARTS) is 1. The number of rotatable bonds is 8. The van der Waals surface area contributed by atoms with Crippen LogP contribution in [0, 0.1) is 16.0 Å². The Hall–Kier alpha value is -2.97. The molecular formula is C15H19N3O6. The SMILES string of the molecule is CC[C@H](CCC(=O)NNC(=O)Cc1ccc([N+](=O)[O-])cc1)C(=O)O. The van der Waals surface area contributed by atoms with Crippen LogP contribution in [-0.2, 0) is 20.8 Å². The molecule has 0 radical (unpaired) electrons. The molecule has 1 aromatic rings. The van der Waals surface area contributed by atoms with Crippen LogP contribution in [0.4, 0.5) is 5.69 Å². The topological polar surface area (TPSA) is 139 Å². The molecule has 2 amide bonds. The van der Waals surface area contributed by atoms with Gasteiger partial charge < -0.3 is 5.11 Å². The quantitative estimate of drug-likeness (QED) is 0.481. The molecule has 0 aliphatic rings. The first-order valence-corrected chi connectivity index (χ1v) is 7.37. The highest BCUT2D eigenvalue weighted by Gasteiger charge is 2.16. The Morgan fingerprint density at radius 2 is 1.75 bits per heavy atom. The molecule has 0 spiro atoms. The standard InChI is InChI=1S/C15H19N3O6/c1-2-11(15(21)22)5-8-13(19)16-17-14(20)9-10-3-6-12(7-4-10)18(23)24/h3-4,6-7,11H,2,5,8-9H2,1H3,(H,16,19)(H,17,20)(H,21,22)/t11-/m1/s1. The number of carboxylic acids is 1. The third-order valence-electron chi connectivity index (χ3n) is 3.42. The lowest BCUT2D eigenvalue weighted by atomic mass is 10.0. The maximum absolute atomic E-state index is 11.7. The molecule has 1 rings (SSSR count). The third kappa shape index (κ3) is 6.42. The fraction of sp³-hybridized carbons (Fsp3) is 0.400. The predicted octanol–water partition coefficient (Wildman–Crippen LogP) is 1.18. The van der Waals surface area contributed by atoms with Crippen LogP contribution in [0.2, 0.25) is 0 Å². The number of hydrazine groups is 1. The monoisotopic (exact) mass is 337 g/mol. The molecule has 24 heavy (non-hydrogen) atoms. The van der Waals surface area contributed by atoms with Crippen LogP contribution < -0.4 is 10.9 Å². The van der Waals surface area contributed by atoms with E-state index in [1.165, 1.54) is 24.3 Å². The fourth-order valence-electron chi connectivity index (χ4n) is 1.97. The van der Waals surface area contributed by atoms with Crippen molar-refractivity contribution in [2.24, 2.45) is 5.92 Å². The van der Waals surface area contributed by atoms with Crippen molar-refractivity contribution in [3.63, 3.8) is 0 Å². The lowest BCUT2D eigenvalue weighted by Crippen LogP contribution is -2.42. The Labute approximate surface area is 138 Å². The molecule has 0 heterocycles. The number of amides is 2. The van der Waals surface area contributed by atoms with Crippen molar-refractivity contribution in [2.45, 2.75) is 32.6 Å². The second-order valence-electron chi connectivity index (χ2n) is 5.18. The zero-order valence-electron chi connectivity index (χ0n) is 13.2. The van der Waals surface area contributed by atoms with E-state index in [1.54, 1.807) is 6.92 Å². The number of carbonyl (C=O) groups excluding carboxylic acids is 2. The lowest BCUT2D eigenvalue weighted by Gasteiger charge is -2.10. The summed E-state index contributed by atoms with van der Waals surface area (Å²) in [5.74, 6) is -2.51. The number of nitrogens with zero attached hydrogens (tertiary/aromatic N) is 1. The van der Waals surface area contributed by atoms with Gasteiger partial charge in [-0.1, -0.05) is 19.1 Å². The molecule has 0 unspecified atom stereocenters. The van der Waals surface area contributed by atoms with Crippen LogP contribution in [0.5, 0.6) is 0 Å². The number of nitro groups is 1. The molecular weight excluding hydrogens is 318 g/mol. The van der Waals surface area contributed by atoms with Gasteiger partial charge in [-0.3, -0.25) is 35.3 Å². The number of aliphatic carboxylic acids is 1. The predicted molar refractivity (Wildman–Crippen MR) is 83.7 cm³/mol. The molecule has 9 heteroatoms. The number of hydrogen-bond donors (Lipinski definition) is 3. The molecule has 1 atom stereocenters. The van der Waals surface area contributed by atoms with Crippen LogP contribution in [0.15, 0.2) is 24.3 Å². The molecule has 0 fully saturated rings. The second-order valence-corrected chi connectivity index (χ2v) is 5.18. The molecule has 130 valence electrons. The molecule has 0 saturated carbocycles. The summed E-state index contributed by atoms with van der Waals surface area (Å²) in [5.41, 5.74) is 4.92. The first-order valence-electron chi connectivity index (χ1n) is 7.37. The highest BCUT2D eigenvalue weighted by atomic mass is 16.6. The van der Waals surface area contributed by atoms with Crippen molar-refractivity contribution in [1.29, 1.82) is 0 Å². The maximum Gasteiger partial charge on any atom is 0.306 e. The van der Waals surface area contributed by atoms with Gasteiger partial charge in [0.1, 0.15) is 0 Å². The van der Waals surface area contributed by atoms with Crippen molar-refractivity contribution < 1.29 is 24.4 Å². The third-order valence-corrected chi connectivity index (χ3v) is 3.42. The fourth-order valence-corrected chi connectivity index (χ4v) is 1.97. The van der Waals surface area contributed by atoms with Gasteiger partial charge in [-0.2, -0.15) is 0 Å². The number of hydrogen-bond acceptors (Lipinski definition) is 5. The van der Waals surface area contributed by atoms with E-state index < -0.39 is 28.6 Å². The van der Waals surface area contributed by atoms with Gasteiger partial charge in [0.15, 0.2) is 0 Å². The molecule has 0 bridgehead atoms. The molecule has 0 aliphatic carbocycles. The Bertz CT molecular complexity index is 614. The van der Waals surface area contributed by atoms with Gasteiger partial charge in [-0.25, -0.2) is 0 Å². The van der Waals surface area contributed by atoms with E-state index in [0.717, 1.165) is 0 Å². The largest absolute Gasteiger partial charge is 0.481 e. The van der Waals surface area contributed by atoms with Crippen molar-refractivity contribution in [2.75, 3.05) is 0 Å². The molecule has 0 aliphatic heterocycles.